The Morgan fingerprint density at radius 1 is 1.29 bits per heavy atom. The summed E-state index contributed by atoms with van der Waals surface area (Å²) in [5.41, 5.74) is 0.424. The average Bonchev–Trinajstić information content (AvgIpc) is 3.47. The van der Waals surface area contributed by atoms with E-state index in [0.717, 1.165) is 25.7 Å². The van der Waals surface area contributed by atoms with Crippen molar-refractivity contribution in [3.63, 3.8) is 0 Å². The van der Waals surface area contributed by atoms with E-state index in [2.05, 4.69) is 5.32 Å². The molecular formula is C19H25N3O5S. The van der Waals surface area contributed by atoms with Crippen molar-refractivity contribution in [2.75, 3.05) is 31.1 Å². The summed E-state index contributed by atoms with van der Waals surface area (Å²) in [6, 6.07) is 4.71. The quantitative estimate of drug-likeness (QED) is 0.789. The van der Waals surface area contributed by atoms with Crippen LogP contribution in [0.2, 0.25) is 0 Å². The van der Waals surface area contributed by atoms with E-state index in [-0.39, 0.29) is 35.9 Å². The highest BCUT2D eigenvalue weighted by molar-refractivity contribution is 7.89. The van der Waals surface area contributed by atoms with E-state index in [0.29, 0.717) is 30.4 Å². The van der Waals surface area contributed by atoms with Crippen molar-refractivity contribution in [2.45, 2.75) is 43.5 Å². The number of carbonyl (C=O) groups is 2. The summed E-state index contributed by atoms with van der Waals surface area (Å²) in [5, 5.41) is 2.86. The minimum Gasteiger partial charge on any atom is -0.482 e. The van der Waals surface area contributed by atoms with Crippen LogP contribution in [0.3, 0.4) is 0 Å². The van der Waals surface area contributed by atoms with E-state index in [1.807, 2.05) is 6.92 Å². The Morgan fingerprint density at radius 2 is 2.07 bits per heavy atom. The number of fused-ring (bicyclic) bond motifs is 1. The van der Waals surface area contributed by atoms with Gasteiger partial charge < -0.3 is 10.1 Å². The molecule has 0 spiro atoms. The molecule has 0 bridgehead atoms. The fourth-order valence-electron chi connectivity index (χ4n) is 3.68. The van der Waals surface area contributed by atoms with Crippen LogP contribution in [0.4, 0.5) is 5.69 Å². The van der Waals surface area contributed by atoms with Gasteiger partial charge in [-0.3, -0.25) is 14.5 Å². The van der Waals surface area contributed by atoms with E-state index >= 15 is 0 Å². The normalized spacial score (nSPS) is 23.1. The molecular weight excluding hydrogens is 382 g/mol. The minimum absolute atomic E-state index is 0.0958. The van der Waals surface area contributed by atoms with Crippen LogP contribution in [0.25, 0.3) is 0 Å². The average molecular weight is 407 g/mol. The van der Waals surface area contributed by atoms with Gasteiger partial charge in [0.05, 0.1) is 10.6 Å². The summed E-state index contributed by atoms with van der Waals surface area (Å²) in [5.74, 6) is 0.0991. The first-order chi connectivity index (χ1) is 13.3. The molecule has 2 aliphatic heterocycles. The number of anilines is 1. The second-order valence-electron chi connectivity index (χ2n) is 7.85. The summed E-state index contributed by atoms with van der Waals surface area (Å²) in [7, 11) is -3.62. The fourth-order valence-corrected chi connectivity index (χ4v) is 5.29. The van der Waals surface area contributed by atoms with Gasteiger partial charge in [0.2, 0.25) is 15.9 Å². The summed E-state index contributed by atoms with van der Waals surface area (Å²) < 4.78 is 33.0. The van der Waals surface area contributed by atoms with Gasteiger partial charge >= 0.3 is 0 Å². The van der Waals surface area contributed by atoms with Crippen LogP contribution < -0.4 is 15.0 Å². The smallest absolute Gasteiger partial charge is 0.265 e. The van der Waals surface area contributed by atoms with Crippen LogP contribution in [0.1, 0.15) is 32.6 Å². The number of carbonyl (C=O) groups excluding carboxylic acids is 2. The molecule has 1 saturated heterocycles. The van der Waals surface area contributed by atoms with Crippen LogP contribution in [0.15, 0.2) is 23.1 Å². The zero-order valence-corrected chi connectivity index (χ0v) is 16.7. The number of hydrogen-bond acceptors (Lipinski definition) is 5. The van der Waals surface area contributed by atoms with E-state index in [1.165, 1.54) is 21.3 Å². The van der Waals surface area contributed by atoms with Crippen molar-refractivity contribution in [2.24, 2.45) is 5.92 Å². The first-order valence-electron chi connectivity index (χ1n) is 9.71. The molecule has 2 amide bonds. The number of piperidine rings is 1. The summed E-state index contributed by atoms with van der Waals surface area (Å²) >= 11 is 0. The van der Waals surface area contributed by atoms with E-state index < -0.39 is 10.0 Å². The number of benzene rings is 1. The van der Waals surface area contributed by atoms with Crippen LogP contribution >= 0.6 is 0 Å². The second kappa shape index (κ2) is 7.36. The standard InChI is InChI=1S/C19H25N3O5S/c1-13-3-2-8-21(10-13)28(25,26)15-6-7-16-17(9-15)27-12-19(24)22(16)11-18(23)20-14-4-5-14/h6-7,9,13-14H,2-5,8,10-12H2,1H3,(H,20,23). The molecule has 0 radical (unpaired) electrons. The molecule has 0 aromatic heterocycles. The fraction of sp³-hybridized carbons (Fsp3) is 0.579. The minimum atomic E-state index is -3.62. The summed E-state index contributed by atoms with van der Waals surface area (Å²) in [6.45, 7) is 2.76. The third-order valence-electron chi connectivity index (χ3n) is 5.38. The molecule has 2 fully saturated rings. The molecule has 152 valence electrons. The van der Waals surface area contributed by atoms with Crippen LogP contribution in [0, 0.1) is 5.92 Å². The third-order valence-corrected chi connectivity index (χ3v) is 7.24. The van der Waals surface area contributed by atoms with E-state index in [9.17, 15) is 18.0 Å². The number of hydrogen-bond donors (Lipinski definition) is 1. The van der Waals surface area contributed by atoms with Crippen LogP contribution in [0.5, 0.6) is 5.75 Å². The lowest BCUT2D eigenvalue weighted by Crippen LogP contribution is -2.45. The molecule has 3 aliphatic rings. The Hall–Kier alpha value is -2.13. The summed E-state index contributed by atoms with van der Waals surface area (Å²) in [6.07, 6.45) is 3.81. The highest BCUT2D eigenvalue weighted by Crippen LogP contribution is 2.35. The first kappa shape index (κ1) is 19.2. The molecule has 2 heterocycles. The lowest BCUT2D eigenvalue weighted by atomic mass is 10.0. The SMILES string of the molecule is CC1CCCN(S(=O)(=O)c2ccc3c(c2)OCC(=O)N3CC(=O)NC2CC2)C1. The summed E-state index contributed by atoms with van der Waals surface area (Å²) in [4.78, 5) is 25.9. The maximum absolute atomic E-state index is 13.0. The molecule has 1 unspecified atom stereocenters. The highest BCUT2D eigenvalue weighted by atomic mass is 32.2. The molecule has 9 heteroatoms. The zero-order valence-electron chi connectivity index (χ0n) is 15.9. The van der Waals surface area contributed by atoms with Crippen molar-refractivity contribution >= 4 is 27.5 Å². The Labute approximate surface area is 164 Å². The first-order valence-corrected chi connectivity index (χ1v) is 11.2. The topological polar surface area (TPSA) is 96.0 Å². The Morgan fingerprint density at radius 3 is 2.79 bits per heavy atom. The van der Waals surface area contributed by atoms with Gasteiger partial charge in [-0.15, -0.1) is 0 Å². The molecule has 1 aromatic carbocycles. The van der Waals surface area contributed by atoms with Crippen molar-refractivity contribution in [1.29, 1.82) is 0 Å². The molecule has 1 N–H and O–H groups in total. The molecule has 1 saturated carbocycles. The number of nitrogens with zero attached hydrogens (tertiary/aromatic N) is 2. The number of ether oxygens (including phenoxy) is 1. The van der Waals surface area contributed by atoms with Gasteiger partial charge in [-0.25, -0.2) is 8.42 Å². The van der Waals surface area contributed by atoms with Gasteiger partial charge in [-0.05, 0) is 43.7 Å². The number of nitrogens with one attached hydrogen (secondary N) is 1. The molecule has 8 nitrogen and oxygen atoms in total. The number of rotatable bonds is 5. The maximum atomic E-state index is 13.0. The predicted molar refractivity (Wildman–Crippen MR) is 103 cm³/mol. The van der Waals surface area contributed by atoms with Crippen molar-refractivity contribution in [1.82, 2.24) is 9.62 Å². The number of amides is 2. The third kappa shape index (κ3) is 3.86. The molecule has 1 aliphatic carbocycles. The highest BCUT2D eigenvalue weighted by Gasteiger charge is 2.33. The number of sulfonamides is 1. The van der Waals surface area contributed by atoms with Crippen molar-refractivity contribution < 1.29 is 22.7 Å². The largest absolute Gasteiger partial charge is 0.482 e. The van der Waals surface area contributed by atoms with Crippen molar-refractivity contribution in [3.8, 4) is 5.75 Å². The van der Waals surface area contributed by atoms with Gasteiger partial charge in [0.15, 0.2) is 6.61 Å². The lowest BCUT2D eigenvalue weighted by Gasteiger charge is -2.31. The Balaban J connectivity index is 1.57. The monoisotopic (exact) mass is 407 g/mol. The lowest BCUT2D eigenvalue weighted by molar-refractivity contribution is -0.125. The van der Waals surface area contributed by atoms with Gasteiger partial charge in [-0.1, -0.05) is 6.92 Å². The van der Waals surface area contributed by atoms with Gasteiger partial charge in [0.25, 0.3) is 5.91 Å². The Kier molecular flexibility index (Phi) is 5.05. The van der Waals surface area contributed by atoms with Gasteiger partial charge in [-0.2, -0.15) is 4.31 Å². The van der Waals surface area contributed by atoms with E-state index in [4.69, 9.17) is 4.74 Å². The zero-order chi connectivity index (χ0) is 19.9. The molecule has 1 atom stereocenters. The molecule has 28 heavy (non-hydrogen) atoms. The van der Waals surface area contributed by atoms with Crippen LogP contribution in [-0.4, -0.2) is 56.8 Å². The maximum Gasteiger partial charge on any atom is 0.265 e. The molecule has 1 aromatic rings. The van der Waals surface area contributed by atoms with Crippen LogP contribution in [-0.2, 0) is 19.6 Å². The van der Waals surface area contributed by atoms with Crippen molar-refractivity contribution in [3.05, 3.63) is 18.2 Å². The van der Waals surface area contributed by atoms with Gasteiger partial charge in [0, 0.05) is 25.2 Å². The van der Waals surface area contributed by atoms with E-state index in [1.54, 1.807) is 6.07 Å². The predicted octanol–water partition coefficient (Wildman–Crippen LogP) is 1.11. The van der Waals surface area contributed by atoms with Gasteiger partial charge in [0.1, 0.15) is 12.3 Å². The molecule has 4 rings (SSSR count). The Bertz CT molecular complexity index is 897. The second-order valence-corrected chi connectivity index (χ2v) is 9.79.